The molecule has 1 aliphatic rings. The maximum Gasteiger partial charge on any atom is 0.300 e. The van der Waals surface area contributed by atoms with E-state index in [4.69, 9.17) is 9.47 Å². The van der Waals surface area contributed by atoms with Crippen molar-refractivity contribution in [3.8, 4) is 11.5 Å². The standard InChI is InChI=1S/C27H24FNO5/c1-3-16-34-20-12-8-17(9-13-20)25(30)23-24(21-6-4-5-7-22(21)28)29(27(32)26(23)31)18-10-14-19(33-2)15-11-18/h4-15,24,30H,3,16H2,1-2H3/b25-23-. The molecule has 4 rings (SSSR count). The maximum absolute atomic E-state index is 14.9. The monoisotopic (exact) mass is 461 g/mol. The molecule has 1 atom stereocenters. The number of amides is 1. The minimum absolute atomic E-state index is 0.0990. The molecule has 0 radical (unpaired) electrons. The lowest BCUT2D eigenvalue weighted by Gasteiger charge is -2.25. The highest BCUT2D eigenvalue weighted by Gasteiger charge is 2.47. The molecular weight excluding hydrogens is 437 g/mol. The quantitative estimate of drug-likeness (QED) is 0.296. The number of rotatable bonds is 7. The fourth-order valence-corrected chi connectivity index (χ4v) is 3.92. The average Bonchev–Trinajstić information content (AvgIpc) is 3.13. The van der Waals surface area contributed by atoms with Gasteiger partial charge in [-0.3, -0.25) is 14.5 Å². The van der Waals surface area contributed by atoms with E-state index in [0.717, 1.165) is 6.42 Å². The van der Waals surface area contributed by atoms with Crippen LogP contribution in [0.3, 0.4) is 0 Å². The Hall–Kier alpha value is -4.13. The molecule has 1 amide bonds. The Kier molecular flexibility index (Phi) is 6.63. The molecular formula is C27H24FNO5. The van der Waals surface area contributed by atoms with E-state index in [-0.39, 0.29) is 16.9 Å². The number of ketones is 1. The number of hydrogen-bond donors (Lipinski definition) is 1. The van der Waals surface area contributed by atoms with Crippen LogP contribution in [0.5, 0.6) is 11.5 Å². The second-order valence-corrected chi connectivity index (χ2v) is 7.76. The van der Waals surface area contributed by atoms with Gasteiger partial charge in [0.25, 0.3) is 11.7 Å². The van der Waals surface area contributed by atoms with Gasteiger partial charge < -0.3 is 14.6 Å². The first-order valence-corrected chi connectivity index (χ1v) is 10.9. The van der Waals surface area contributed by atoms with Crippen LogP contribution in [-0.2, 0) is 9.59 Å². The number of carbonyl (C=O) groups excluding carboxylic acids is 2. The number of aliphatic hydroxyl groups is 1. The van der Waals surface area contributed by atoms with Crippen molar-refractivity contribution in [3.05, 3.63) is 95.3 Å². The Balaban J connectivity index is 1.85. The van der Waals surface area contributed by atoms with E-state index in [1.54, 1.807) is 54.6 Å². The van der Waals surface area contributed by atoms with Crippen LogP contribution in [0.2, 0.25) is 0 Å². The molecule has 0 saturated carbocycles. The second-order valence-electron chi connectivity index (χ2n) is 7.76. The first kappa shape index (κ1) is 23.0. The average molecular weight is 461 g/mol. The lowest BCUT2D eigenvalue weighted by Crippen LogP contribution is -2.29. The SMILES string of the molecule is CCCOc1ccc(/C(O)=C2/C(=O)C(=O)N(c3ccc(OC)cc3)C2c2ccccc2F)cc1. The fourth-order valence-electron chi connectivity index (χ4n) is 3.92. The van der Waals surface area contributed by atoms with Crippen molar-refractivity contribution in [1.82, 2.24) is 0 Å². The normalized spacial score (nSPS) is 17.1. The van der Waals surface area contributed by atoms with Crippen LogP contribution in [0.15, 0.2) is 78.4 Å². The zero-order valence-corrected chi connectivity index (χ0v) is 18.8. The maximum atomic E-state index is 14.9. The molecule has 174 valence electrons. The van der Waals surface area contributed by atoms with Crippen LogP contribution in [0.1, 0.15) is 30.5 Å². The van der Waals surface area contributed by atoms with Crippen molar-refractivity contribution in [2.24, 2.45) is 0 Å². The van der Waals surface area contributed by atoms with Gasteiger partial charge in [0.05, 0.1) is 25.3 Å². The predicted molar refractivity (Wildman–Crippen MR) is 126 cm³/mol. The predicted octanol–water partition coefficient (Wildman–Crippen LogP) is 5.25. The van der Waals surface area contributed by atoms with Gasteiger partial charge >= 0.3 is 0 Å². The summed E-state index contributed by atoms with van der Waals surface area (Å²) >= 11 is 0. The molecule has 1 unspecified atom stereocenters. The number of aliphatic hydroxyl groups excluding tert-OH is 1. The first-order valence-electron chi connectivity index (χ1n) is 10.9. The van der Waals surface area contributed by atoms with Crippen LogP contribution in [0.4, 0.5) is 10.1 Å². The molecule has 7 heteroatoms. The number of carbonyl (C=O) groups is 2. The van der Waals surface area contributed by atoms with E-state index < -0.39 is 23.5 Å². The number of halogens is 1. The van der Waals surface area contributed by atoms with E-state index >= 15 is 0 Å². The van der Waals surface area contributed by atoms with Crippen molar-refractivity contribution < 1.29 is 28.6 Å². The van der Waals surface area contributed by atoms with E-state index in [2.05, 4.69) is 0 Å². The highest BCUT2D eigenvalue weighted by atomic mass is 19.1. The van der Waals surface area contributed by atoms with Crippen LogP contribution in [0, 0.1) is 5.82 Å². The zero-order chi connectivity index (χ0) is 24.2. The highest BCUT2D eigenvalue weighted by Crippen LogP contribution is 2.43. The van der Waals surface area contributed by atoms with Gasteiger partial charge in [0, 0.05) is 16.8 Å². The molecule has 1 fully saturated rings. The second kappa shape index (κ2) is 9.79. The fraction of sp³-hybridized carbons (Fsp3) is 0.185. The topological polar surface area (TPSA) is 76.1 Å². The van der Waals surface area contributed by atoms with Gasteiger partial charge in [0.15, 0.2) is 0 Å². The van der Waals surface area contributed by atoms with Crippen molar-refractivity contribution in [3.63, 3.8) is 0 Å². The Morgan fingerprint density at radius 1 is 0.971 bits per heavy atom. The van der Waals surface area contributed by atoms with Gasteiger partial charge in [-0.1, -0.05) is 25.1 Å². The summed E-state index contributed by atoms with van der Waals surface area (Å²) in [4.78, 5) is 27.5. The Morgan fingerprint density at radius 2 is 1.62 bits per heavy atom. The molecule has 1 heterocycles. The summed E-state index contributed by atoms with van der Waals surface area (Å²) in [7, 11) is 1.51. The third kappa shape index (κ3) is 4.24. The van der Waals surface area contributed by atoms with Crippen molar-refractivity contribution >= 4 is 23.1 Å². The van der Waals surface area contributed by atoms with Crippen LogP contribution in [-0.4, -0.2) is 30.5 Å². The van der Waals surface area contributed by atoms with E-state index in [9.17, 15) is 19.1 Å². The molecule has 3 aromatic carbocycles. The van der Waals surface area contributed by atoms with Crippen LogP contribution >= 0.6 is 0 Å². The molecule has 3 aromatic rings. The molecule has 0 aliphatic carbocycles. The summed E-state index contributed by atoms with van der Waals surface area (Å²) in [6.07, 6.45) is 0.846. The molecule has 6 nitrogen and oxygen atoms in total. The summed E-state index contributed by atoms with van der Waals surface area (Å²) in [5.74, 6) is -1.56. The number of nitrogens with zero attached hydrogens (tertiary/aromatic N) is 1. The molecule has 1 saturated heterocycles. The number of anilines is 1. The number of benzene rings is 3. The summed E-state index contributed by atoms with van der Waals surface area (Å²) in [5, 5.41) is 11.1. The summed E-state index contributed by atoms with van der Waals surface area (Å²) in [6.45, 7) is 2.54. The molecule has 0 spiro atoms. The first-order chi connectivity index (χ1) is 16.5. The summed E-state index contributed by atoms with van der Waals surface area (Å²) in [5.41, 5.74) is 0.603. The molecule has 0 bridgehead atoms. The minimum atomic E-state index is -1.15. The lowest BCUT2D eigenvalue weighted by atomic mass is 9.94. The molecule has 34 heavy (non-hydrogen) atoms. The Labute approximate surface area is 196 Å². The van der Waals surface area contributed by atoms with Gasteiger partial charge in [-0.2, -0.15) is 0 Å². The van der Waals surface area contributed by atoms with E-state index in [1.807, 2.05) is 6.92 Å². The number of methoxy groups -OCH3 is 1. The zero-order valence-electron chi connectivity index (χ0n) is 18.8. The van der Waals surface area contributed by atoms with Crippen LogP contribution in [0.25, 0.3) is 5.76 Å². The van der Waals surface area contributed by atoms with Gasteiger partial charge in [-0.25, -0.2) is 4.39 Å². The Morgan fingerprint density at radius 3 is 2.24 bits per heavy atom. The van der Waals surface area contributed by atoms with Crippen molar-refractivity contribution in [1.29, 1.82) is 0 Å². The Bertz CT molecular complexity index is 1230. The molecule has 1 aliphatic heterocycles. The van der Waals surface area contributed by atoms with Gasteiger partial charge in [-0.05, 0) is 61.0 Å². The minimum Gasteiger partial charge on any atom is -0.507 e. The highest BCUT2D eigenvalue weighted by molar-refractivity contribution is 6.51. The lowest BCUT2D eigenvalue weighted by molar-refractivity contribution is -0.132. The van der Waals surface area contributed by atoms with Crippen molar-refractivity contribution in [2.75, 3.05) is 18.6 Å². The smallest absolute Gasteiger partial charge is 0.300 e. The number of ether oxygens (including phenoxy) is 2. The van der Waals surface area contributed by atoms with Crippen LogP contribution < -0.4 is 14.4 Å². The summed E-state index contributed by atoms with van der Waals surface area (Å²) < 4.78 is 25.7. The van der Waals surface area contributed by atoms with Crippen molar-refractivity contribution in [2.45, 2.75) is 19.4 Å². The van der Waals surface area contributed by atoms with E-state index in [1.165, 1.54) is 30.2 Å². The van der Waals surface area contributed by atoms with Gasteiger partial charge in [0.1, 0.15) is 23.1 Å². The van der Waals surface area contributed by atoms with Gasteiger partial charge in [0.2, 0.25) is 0 Å². The largest absolute Gasteiger partial charge is 0.507 e. The third-order valence-corrected chi connectivity index (χ3v) is 5.60. The number of Topliss-reactive ketones (excluding diaryl/α,β-unsaturated/α-hetero) is 1. The summed E-state index contributed by atoms with van der Waals surface area (Å²) in [6, 6.07) is 17.8. The van der Waals surface area contributed by atoms with Gasteiger partial charge in [-0.15, -0.1) is 0 Å². The van der Waals surface area contributed by atoms with E-state index in [0.29, 0.717) is 29.4 Å². The third-order valence-electron chi connectivity index (χ3n) is 5.60. The number of hydrogen-bond acceptors (Lipinski definition) is 5. The molecule has 1 N–H and O–H groups in total. The molecule has 0 aromatic heterocycles.